The molecule has 0 saturated carbocycles. The molecule has 19 heavy (non-hydrogen) atoms. The smallest absolute Gasteiger partial charge is 0.324 e. The summed E-state index contributed by atoms with van der Waals surface area (Å²) < 4.78 is 0. The lowest BCUT2D eigenvalue weighted by Crippen LogP contribution is -2.42. The Morgan fingerprint density at radius 1 is 1.26 bits per heavy atom. The molecule has 1 saturated heterocycles. The van der Waals surface area contributed by atoms with E-state index >= 15 is 0 Å². The molecule has 2 rings (SSSR count). The zero-order valence-electron chi connectivity index (χ0n) is 11.3. The highest BCUT2D eigenvalue weighted by molar-refractivity contribution is 5.95. The quantitative estimate of drug-likeness (QED) is 0.905. The van der Waals surface area contributed by atoms with E-state index in [1.54, 1.807) is 0 Å². The van der Waals surface area contributed by atoms with Gasteiger partial charge in [-0.15, -0.1) is 0 Å². The minimum atomic E-state index is -0.259. The van der Waals surface area contributed by atoms with Crippen LogP contribution in [0.4, 0.5) is 4.79 Å². The summed E-state index contributed by atoms with van der Waals surface area (Å²) in [7, 11) is 0. The first-order chi connectivity index (χ1) is 9.22. The lowest BCUT2D eigenvalue weighted by molar-refractivity contribution is -0.128. The summed E-state index contributed by atoms with van der Waals surface area (Å²) in [4.78, 5) is 25.4. The number of urea groups is 1. The molecule has 0 aromatic heterocycles. The van der Waals surface area contributed by atoms with Gasteiger partial charge in [-0.05, 0) is 18.4 Å². The number of imide groups is 1. The van der Waals surface area contributed by atoms with Gasteiger partial charge in [0.15, 0.2) is 0 Å². The second kappa shape index (κ2) is 6.36. The van der Waals surface area contributed by atoms with Crippen molar-refractivity contribution in [2.24, 2.45) is 0 Å². The zero-order chi connectivity index (χ0) is 13.7. The van der Waals surface area contributed by atoms with Crippen LogP contribution < -0.4 is 5.32 Å². The summed E-state index contributed by atoms with van der Waals surface area (Å²) in [6.45, 7) is 2.57. The minimum absolute atomic E-state index is 0.0654. The first-order valence-electron chi connectivity index (χ1n) is 6.88. The van der Waals surface area contributed by atoms with E-state index in [1.165, 1.54) is 4.90 Å². The van der Waals surface area contributed by atoms with E-state index in [2.05, 4.69) is 5.32 Å². The van der Waals surface area contributed by atoms with Gasteiger partial charge in [0.25, 0.3) is 0 Å². The third-order valence-electron chi connectivity index (χ3n) is 3.43. The van der Waals surface area contributed by atoms with Gasteiger partial charge >= 0.3 is 6.03 Å². The van der Waals surface area contributed by atoms with Crippen molar-refractivity contribution in [2.75, 3.05) is 6.54 Å². The SMILES string of the molecule is CCCCN1C(=O)CCC(c2ccccc2)NC1=O. The molecule has 102 valence electrons. The van der Waals surface area contributed by atoms with Gasteiger partial charge in [-0.25, -0.2) is 4.79 Å². The van der Waals surface area contributed by atoms with Gasteiger partial charge in [0.05, 0.1) is 6.04 Å². The minimum Gasteiger partial charge on any atom is -0.331 e. The summed E-state index contributed by atoms with van der Waals surface area (Å²) in [5.41, 5.74) is 1.06. The van der Waals surface area contributed by atoms with Crippen molar-refractivity contribution in [3.05, 3.63) is 35.9 Å². The van der Waals surface area contributed by atoms with Crippen LogP contribution in [0.5, 0.6) is 0 Å². The van der Waals surface area contributed by atoms with Gasteiger partial charge < -0.3 is 5.32 Å². The first kappa shape index (κ1) is 13.6. The van der Waals surface area contributed by atoms with Crippen LogP contribution >= 0.6 is 0 Å². The number of rotatable bonds is 4. The lowest BCUT2D eigenvalue weighted by Gasteiger charge is -2.20. The highest BCUT2D eigenvalue weighted by atomic mass is 16.2. The zero-order valence-corrected chi connectivity index (χ0v) is 11.3. The predicted octanol–water partition coefficient (Wildman–Crippen LogP) is 2.86. The molecule has 1 aromatic carbocycles. The summed E-state index contributed by atoms with van der Waals surface area (Å²) in [6, 6.07) is 9.48. The van der Waals surface area contributed by atoms with Crippen molar-refractivity contribution < 1.29 is 9.59 Å². The van der Waals surface area contributed by atoms with E-state index in [0.29, 0.717) is 19.4 Å². The molecule has 1 aromatic rings. The summed E-state index contributed by atoms with van der Waals surface area (Å²) in [5, 5.41) is 2.95. The van der Waals surface area contributed by atoms with Crippen LogP contribution in [0, 0.1) is 0 Å². The van der Waals surface area contributed by atoms with Gasteiger partial charge in [-0.2, -0.15) is 0 Å². The number of benzene rings is 1. The number of amides is 3. The number of unbranched alkanes of at least 4 members (excludes halogenated alkanes) is 1. The fourth-order valence-electron chi connectivity index (χ4n) is 2.29. The van der Waals surface area contributed by atoms with Crippen molar-refractivity contribution in [2.45, 2.75) is 38.6 Å². The summed E-state index contributed by atoms with van der Waals surface area (Å²) in [6.07, 6.45) is 2.91. The number of carbonyl (C=O) groups excluding carboxylic acids is 2. The maximum atomic E-state index is 12.1. The molecular formula is C15H20N2O2. The van der Waals surface area contributed by atoms with Gasteiger partial charge in [-0.1, -0.05) is 43.7 Å². The average Bonchev–Trinajstić information content (AvgIpc) is 2.57. The maximum Gasteiger partial charge on any atom is 0.324 e. The molecule has 0 radical (unpaired) electrons. The van der Waals surface area contributed by atoms with Crippen molar-refractivity contribution in [1.29, 1.82) is 0 Å². The van der Waals surface area contributed by atoms with Gasteiger partial charge in [0.1, 0.15) is 0 Å². The molecule has 4 heteroatoms. The van der Waals surface area contributed by atoms with Crippen molar-refractivity contribution in [1.82, 2.24) is 10.2 Å². The van der Waals surface area contributed by atoms with E-state index in [-0.39, 0.29) is 18.0 Å². The van der Waals surface area contributed by atoms with Crippen LogP contribution in [0.1, 0.15) is 44.2 Å². The van der Waals surface area contributed by atoms with Crippen LogP contribution in [-0.4, -0.2) is 23.4 Å². The van der Waals surface area contributed by atoms with E-state index in [9.17, 15) is 9.59 Å². The Hall–Kier alpha value is -1.84. The maximum absolute atomic E-state index is 12.1. The molecule has 1 aliphatic heterocycles. The molecule has 0 bridgehead atoms. The third kappa shape index (κ3) is 3.34. The lowest BCUT2D eigenvalue weighted by atomic mass is 10.0. The largest absolute Gasteiger partial charge is 0.331 e. The Morgan fingerprint density at radius 3 is 2.68 bits per heavy atom. The summed E-state index contributed by atoms with van der Waals surface area (Å²) >= 11 is 0. The Morgan fingerprint density at radius 2 is 2.00 bits per heavy atom. The summed E-state index contributed by atoms with van der Waals surface area (Å²) in [5.74, 6) is -0.0654. The van der Waals surface area contributed by atoms with Crippen molar-refractivity contribution >= 4 is 11.9 Å². The van der Waals surface area contributed by atoms with Crippen LogP contribution in [0.2, 0.25) is 0 Å². The van der Waals surface area contributed by atoms with Gasteiger partial charge in [0.2, 0.25) is 5.91 Å². The monoisotopic (exact) mass is 260 g/mol. The number of nitrogens with one attached hydrogen (secondary N) is 1. The Kier molecular flexibility index (Phi) is 4.55. The Balaban J connectivity index is 2.09. The number of nitrogens with zero attached hydrogens (tertiary/aromatic N) is 1. The highest BCUT2D eigenvalue weighted by Gasteiger charge is 2.28. The predicted molar refractivity (Wildman–Crippen MR) is 73.6 cm³/mol. The second-order valence-electron chi connectivity index (χ2n) is 4.85. The van der Waals surface area contributed by atoms with E-state index in [0.717, 1.165) is 18.4 Å². The van der Waals surface area contributed by atoms with E-state index in [4.69, 9.17) is 0 Å². The van der Waals surface area contributed by atoms with Crippen LogP contribution in [-0.2, 0) is 4.79 Å². The van der Waals surface area contributed by atoms with E-state index < -0.39 is 0 Å². The van der Waals surface area contributed by atoms with E-state index in [1.807, 2.05) is 37.3 Å². The molecule has 3 amide bonds. The standard InChI is InChI=1S/C15H20N2O2/c1-2-3-11-17-14(18)10-9-13(16-15(17)19)12-7-5-4-6-8-12/h4-8,13H,2-3,9-11H2,1H3,(H,16,19). The first-order valence-corrected chi connectivity index (χ1v) is 6.88. The molecule has 1 unspecified atom stereocenters. The molecule has 1 aliphatic rings. The number of carbonyl (C=O) groups is 2. The molecule has 1 N–H and O–H groups in total. The topological polar surface area (TPSA) is 49.4 Å². The van der Waals surface area contributed by atoms with Crippen molar-refractivity contribution in [3.63, 3.8) is 0 Å². The van der Waals surface area contributed by atoms with Gasteiger partial charge in [-0.3, -0.25) is 9.69 Å². The molecule has 1 fully saturated rings. The number of hydrogen-bond acceptors (Lipinski definition) is 2. The fraction of sp³-hybridized carbons (Fsp3) is 0.467. The number of hydrogen-bond donors (Lipinski definition) is 1. The molecular weight excluding hydrogens is 240 g/mol. The molecule has 0 aliphatic carbocycles. The Labute approximate surface area is 113 Å². The van der Waals surface area contributed by atoms with Crippen LogP contribution in [0.15, 0.2) is 30.3 Å². The highest BCUT2D eigenvalue weighted by Crippen LogP contribution is 2.22. The molecule has 1 heterocycles. The second-order valence-corrected chi connectivity index (χ2v) is 4.85. The average molecular weight is 260 g/mol. The third-order valence-corrected chi connectivity index (χ3v) is 3.43. The molecule has 4 nitrogen and oxygen atoms in total. The molecule has 0 spiro atoms. The van der Waals surface area contributed by atoms with Crippen molar-refractivity contribution in [3.8, 4) is 0 Å². The van der Waals surface area contributed by atoms with Gasteiger partial charge in [0, 0.05) is 13.0 Å². The van der Waals surface area contributed by atoms with Crippen LogP contribution in [0.25, 0.3) is 0 Å². The normalized spacial score (nSPS) is 20.1. The Bertz CT molecular complexity index is 445. The fourth-order valence-corrected chi connectivity index (χ4v) is 2.29. The molecule has 1 atom stereocenters. The van der Waals surface area contributed by atoms with Crippen LogP contribution in [0.3, 0.4) is 0 Å².